The molecule has 0 bridgehead atoms. The molecule has 4 rings (SSSR count). The van der Waals surface area contributed by atoms with Gasteiger partial charge in [0.15, 0.2) is 17.9 Å². The highest BCUT2D eigenvalue weighted by Crippen LogP contribution is 2.42. The average molecular weight is 552 g/mol. The summed E-state index contributed by atoms with van der Waals surface area (Å²) in [7, 11) is 0. The Kier molecular flexibility index (Phi) is 7.53. The van der Waals surface area contributed by atoms with Crippen molar-refractivity contribution in [2.45, 2.75) is 33.6 Å². The van der Waals surface area contributed by atoms with Crippen molar-refractivity contribution < 1.29 is 13.9 Å². The van der Waals surface area contributed by atoms with Gasteiger partial charge in [0.25, 0.3) is 5.91 Å². The van der Waals surface area contributed by atoms with Crippen LogP contribution in [0.15, 0.2) is 40.8 Å². The van der Waals surface area contributed by atoms with Crippen LogP contribution in [0.4, 0.5) is 5.69 Å². The van der Waals surface area contributed by atoms with Gasteiger partial charge in [0.1, 0.15) is 5.52 Å². The number of rotatable bonds is 6. The number of nitrogens with one attached hydrogen (secondary N) is 1. The summed E-state index contributed by atoms with van der Waals surface area (Å²) >= 11 is 25.3. The first-order valence-corrected chi connectivity index (χ1v) is 12.3. The molecule has 5 nitrogen and oxygen atoms in total. The number of oxazole rings is 1. The van der Waals surface area contributed by atoms with E-state index in [-0.39, 0.29) is 22.4 Å². The van der Waals surface area contributed by atoms with Crippen molar-refractivity contribution in [2.75, 3.05) is 11.9 Å². The number of carbonyl (C=O) groups excluding carboxylic acids is 1. The second kappa shape index (κ2) is 10.3. The molecule has 0 aliphatic carbocycles. The quantitative estimate of drug-likeness (QED) is 0.260. The normalized spacial score (nSPS) is 11.3. The lowest BCUT2D eigenvalue weighted by Crippen LogP contribution is -2.20. The number of halogens is 4. The van der Waals surface area contributed by atoms with Crippen LogP contribution >= 0.6 is 46.4 Å². The predicted octanol–water partition coefficient (Wildman–Crippen LogP) is 8.87. The van der Waals surface area contributed by atoms with Crippen LogP contribution < -0.4 is 10.1 Å². The van der Waals surface area contributed by atoms with Crippen molar-refractivity contribution in [1.29, 1.82) is 0 Å². The van der Waals surface area contributed by atoms with Crippen molar-refractivity contribution in [2.24, 2.45) is 0 Å². The Labute approximate surface area is 223 Å². The van der Waals surface area contributed by atoms with Gasteiger partial charge in [-0.3, -0.25) is 4.79 Å². The Balaban J connectivity index is 1.53. The molecule has 0 unspecified atom stereocenters. The minimum Gasteiger partial charge on any atom is -0.481 e. The molecular weight excluding hydrogens is 530 g/mol. The highest BCUT2D eigenvalue weighted by atomic mass is 35.5. The molecule has 0 radical (unpaired) electrons. The summed E-state index contributed by atoms with van der Waals surface area (Å²) in [5.74, 6) is 0.542. The van der Waals surface area contributed by atoms with Gasteiger partial charge >= 0.3 is 0 Å². The first-order chi connectivity index (χ1) is 16.6. The summed E-state index contributed by atoms with van der Waals surface area (Å²) in [5, 5.41) is 4.23. The molecule has 0 atom stereocenters. The maximum atomic E-state index is 12.6. The van der Waals surface area contributed by atoms with Gasteiger partial charge in [-0.15, -0.1) is 0 Å². The fourth-order valence-electron chi connectivity index (χ4n) is 3.56. The fraction of sp³-hybridized carbons (Fsp3) is 0.231. The van der Waals surface area contributed by atoms with Crippen LogP contribution in [-0.2, 0) is 4.79 Å². The van der Waals surface area contributed by atoms with Gasteiger partial charge in [0, 0.05) is 10.7 Å². The molecule has 3 aromatic carbocycles. The number of fused-ring (bicyclic) bond motifs is 1. The molecule has 0 fully saturated rings. The van der Waals surface area contributed by atoms with Crippen molar-refractivity contribution in [3.8, 4) is 17.2 Å². The van der Waals surface area contributed by atoms with Crippen LogP contribution in [0.3, 0.4) is 0 Å². The monoisotopic (exact) mass is 550 g/mol. The summed E-state index contributed by atoms with van der Waals surface area (Å²) in [6, 6.07) is 11.0. The minimum absolute atomic E-state index is 0.215. The first-order valence-electron chi connectivity index (χ1n) is 10.8. The molecule has 0 spiro atoms. The Hall–Kier alpha value is -2.44. The minimum atomic E-state index is -0.408. The maximum absolute atomic E-state index is 12.6. The number of ether oxygens (including phenoxy) is 1. The third-order valence-electron chi connectivity index (χ3n) is 5.62. The summed E-state index contributed by atoms with van der Waals surface area (Å²) < 4.78 is 11.6. The Morgan fingerprint density at radius 1 is 1.00 bits per heavy atom. The SMILES string of the molecule is Cc1c(Cl)c(C)c(Cl)c(OCC(=O)Nc2ccc(Cl)c(-c3nc4cc(C(C)C)ccc4o3)c2)c1Cl. The predicted molar refractivity (Wildman–Crippen MR) is 144 cm³/mol. The van der Waals surface area contributed by atoms with E-state index in [2.05, 4.69) is 24.1 Å². The van der Waals surface area contributed by atoms with Crippen molar-refractivity contribution >= 4 is 69.1 Å². The highest BCUT2D eigenvalue weighted by Gasteiger charge is 2.19. The van der Waals surface area contributed by atoms with Gasteiger partial charge in [-0.05, 0) is 66.8 Å². The van der Waals surface area contributed by atoms with Gasteiger partial charge in [-0.25, -0.2) is 4.98 Å². The van der Waals surface area contributed by atoms with Crippen molar-refractivity contribution in [1.82, 2.24) is 4.98 Å². The number of amides is 1. The van der Waals surface area contributed by atoms with Crippen LogP contribution in [0, 0.1) is 13.8 Å². The number of carbonyl (C=O) groups is 1. The number of hydrogen-bond donors (Lipinski definition) is 1. The standard InChI is InChI=1S/C26H22Cl4N2O3/c1-12(2)15-5-8-20-19(9-15)32-26(35-20)17-10-16(6-7-18(17)27)31-21(33)11-34-25-23(29)13(3)22(28)14(4)24(25)30/h5-10,12H,11H2,1-4H3,(H,31,33). The molecule has 1 amide bonds. The zero-order valence-electron chi connectivity index (χ0n) is 19.4. The number of nitrogens with zero attached hydrogens (tertiary/aromatic N) is 1. The second-order valence-electron chi connectivity index (χ2n) is 8.45. The van der Waals surface area contributed by atoms with Crippen LogP contribution in [0.5, 0.6) is 5.75 Å². The smallest absolute Gasteiger partial charge is 0.262 e. The van der Waals surface area contributed by atoms with Crippen LogP contribution in [0.25, 0.3) is 22.6 Å². The lowest BCUT2D eigenvalue weighted by Gasteiger charge is -2.15. The first kappa shape index (κ1) is 25.6. The van der Waals surface area contributed by atoms with Gasteiger partial charge in [0.2, 0.25) is 5.89 Å². The molecule has 1 aromatic heterocycles. The average Bonchev–Trinajstić information content (AvgIpc) is 3.26. The summed E-state index contributed by atoms with van der Waals surface area (Å²) in [6.45, 7) is 7.44. The maximum Gasteiger partial charge on any atom is 0.262 e. The molecule has 182 valence electrons. The van der Waals surface area contributed by atoms with Crippen LogP contribution in [0.2, 0.25) is 20.1 Å². The zero-order valence-corrected chi connectivity index (χ0v) is 22.5. The van der Waals surface area contributed by atoms with E-state index >= 15 is 0 Å². The molecule has 4 aromatic rings. The molecule has 0 saturated carbocycles. The van der Waals surface area contributed by atoms with E-state index in [4.69, 9.17) is 55.6 Å². The molecule has 0 aliphatic heterocycles. The summed E-state index contributed by atoms with van der Waals surface area (Å²) in [6.07, 6.45) is 0. The molecular formula is C26H22Cl4N2O3. The highest BCUT2D eigenvalue weighted by molar-refractivity contribution is 6.42. The van der Waals surface area contributed by atoms with Crippen LogP contribution in [-0.4, -0.2) is 17.5 Å². The molecule has 0 saturated heterocycles. The largest absolute Gasteiger partial charge is 0.481 e. The van der Waals surface area contributed by atoms with Gasteiger partial charge in [-0.2, -0.15) is 0 Å². The van der Waals surface area contributed by atoms with E-state index in [1.165, 1.54) is 0 Å². The number of benzene rings is 3. The Bertz CT molecular complexity index is 1420. The van der Waals surface area contributed by atoms with E-state index < -0.39 is 5.91 Å². The third-order valence-corrected chi connectivity index (χ3v) is 7.43. The third kappa shape index (κ3) is 5.24. The molecule has 9 heteroatoms. The Morgan fingerprint density at radius 2 is 1.69 bits per heavy atom. The molecule has 1 N–H and O–H groups in total. The zero-order chi connectivity index (χ0) is 25.4. The van der Waals surface area contributed by atoms with Crippen molar-refractivity contribution in [3.05, 3.63) is 73.2 Å². The Morgan fingerprint density at radius 3 is 2.34 bits per heavy atom. The van der Waals surface area contributed by atoms with Gasteiger partial charge in [0.05, 0.1) is 20.6 Å². The fourth-order valence-corrected chi connectivity index (χ4v) is 4.58. The lowest BCUT2D eigenvalue weighted by molar-refractivity contribution is -0.118. The van der Waals surface area contributed by atoms with Crippen molar-refractivity contribution in [3.63, 3.8) is 0 Å². The van der Waals surface area contributed by atoms with Gasteiger partial charge < -0.3 is 14.5 Å². The van der Waals surface area contributed by atoms with E-state index in [1.807, 2.05) is 18.2 Å². The second-order valence-corrected chi connectivity index (χ2v) is 9.99. The van der Waals surface area contributed by atoms with E-state index in [9.17, 15) is 4.79 Å². The van der Waals surface area contributed by atoms with Gasteiger partial charge in [-0.1, -0.05) is 66.3 Å². The molecule has 0 aliphatic rings. The number of anilines is 1. The van der Waals surface area contributed by atoms with E-state index in [0.717, 1.165) is 11.1 Å². The number of aromatic nitrogens is 1. The van der Waals surface area contributed by atoms with Crippen LogP contribution in [0.1, 0.15) is 36.5 Å². The summed E-state index contributed by atoms with van der Waals surface area (Å²) in [4.78, 5) is 17.2. The van der Waals surface area contributed by atoms with E-state index in [0.29, 0.717) is 49.8 Å². The topological polar surface area (TPSA) is 64.4 Å². The lowest BCUT2D eigenvalue weighted by atomic mass is 10.0. The molecule has 1 heterocycles. The summed E-state index contributed by atoms with van der Waals surface area (Å²) in [5.41, 5.74) is 4.89. The van der Waals surface area contributed by atoms with E-state index in [1.54, 1.807) is 32.0 Å². The molecule has 35 heavy (non-hydrogen) atoms. The number of hydrogen-bond acceptors (Lipinski definition) is 4.